The Hall–Kier alpha value is -2.34. The predicted molar refractivity (Wildman–Crippen MR) is 84.9 cm³/mol. The van der Waals surface area contributed by atoms with Gasteiger partial charge in [0.15, 0.2) is 17.0 Å². The fourth-order valence-corrected chi connectivity index (χ4v) is 2.29. The van der Waals surface area contributed by atoms with Crippen LogP contribution in [-0.4, -0.2) is 19.5 Å². The number of rotatable bonds is 3. The number of nitrogen functional groups attached to an aromatic ring is 1. The number of nitrogens with two attached hydrogens (primary N) is 1. The summed E-state index contributed by atoms with van der Waals surface area (Å²) >= 11 is 5.99. The SMILES string of the molecule is CC(C)n1cnc2c(Nc3cccc(Cl)c3)nc(N)nc21. The van der Waals surface area contributed by atoms with Gasteiger partial charge in [0.05, 0.1) is 6.33 Å². The molecule has 21 heavy (non-hydrogen) atoms. The molecule has 2 heterocycles. The Balaban J connectivity index is 2.10. The molecule has 0 spiro atoms. The van der Waals surface area contributed by atoms with Crippen LogP contribution < -0.4 is 11.1 Å². The molecule has 1 aromatic carbocycles. The number of fused-ring (bicyclic) bond motifs is 1. The average Bonchev–Trinajstić information content (AvgIpc) is 2.82. The van der Waals surface area contributed by atoms with Crippen LogP contribution in [-0.2, 0) is 0 Å². The van der Waals surface area contributed by atoms with Crippen molar-refractivity contribution in [2.24, 2.45) is 0 Å². The van der Waals surface area contributed by atoms with Crippen LogP contribution in [0.5, 0.6) is 0 Å². The van der Waals surface area contributed by atoms with Crippen molar-refractivity contribution >= 4 is 40.2 Å². The lowest BCUT2D eigenvalue weighted by atomic mass is 10.3. The van der Waals surface area contributed by atoms with Gasteiger partial charge in [-0.05, 0) is 32.0 Å². The standard InChI is InChI=1S/C14H15ClN6/c1-8(2)21-7-17-11-12(19-14(16)20-13(11)21)18-10-5-3-4-9(15)6-10/h3-8H,1-2H3,(H3,16,18,19,20). The van der Waals surface area contributed by atoms with Crippen LogP contribution in [0.2, 0.25) is 5.02 Å². The van der Waals surface area contributed by atoms with E-state index in [2.05, 4.69) is 34.1 Å². The van der Waals surface area contributed by atoms with Crippen LogP contribution in [0.15, 0.2) is 30.6 Å². The van der Waals surface area contributed by atoms with Crippen molar-refractivity contribution < 1.29 is 0 Å². The Labute approximate surface area is 127 Å². The highest BCUT2D eigenvalue weighted by Crippen LogP contribution is 2.26. The first-order chi connectivity index (χ1) is 10.0. The maximum absolute atomic E-state index is 5.99. The van der Waals surface area contributed by atoms with Gasteiger partial charge in [0.2, 0.25) is 5.95 Å². The first-order valence-corrected chi connectivity index (χ1v) is 6.95. The van der Waals surface area contributed by atoms with E-state index >= 15 is 0 Å². The van der Waals surface area contributed by atoms with Gasteiger partial charge in [0.1, 0.15) is 0 Å². The molecule has 0 amide bonds. The van der Waals surface area contributed by atoms with Gasteiger partial charge < -0.3 is 15.6 Å². The smallest absolute Gasteiger partial charge is 0.224 e. The Morgan fingerprint density at radius 2 is 2.10 bits per heavy atom. The largest absolute Gasteiger partial charge is 0.368 e. The van der Waals surface area contributed by atoms with Gasteiger partial charge in [-0.25, -0.2) is 4.98 Å². The van der Waals surface area contributed by atoms with Crippen LogP contribution >= 0.6 is 11.6 Å². The molecule has 3 aromatic rings. The second-order valence-corrected chi connectivity index (χ2v) is 5.42. The molecule has 0 saturated carbocycles. The second-order valence-electron chi connectivity index (χ2n) is 4.98. The molecule has 0 atom stereocenters. The molecule has 0 aliphatic heterocycles. The fourth-order valence-electron chi connectivity index (χ4n) is 2.10. The Bertz CT molecular complexity index is 795. The average molecular weight is 303 g/mol. The Kier molecular flexibility index (Phi) is 3.39. The molecular weight excluding hydrogens is 288 g/mol. The van der Waals surface area contributed by atoms with Gasteiger partial charge >= 0.3 is 0 Å². The number of nitrogens with zero attached hydrogens (tertiary/aromatic N) is 4. The van der Waals surface area contributed by atoms with Crippen LogP contribution in [0.1, 0.15) is 19.9 Å². The molecule has 108 valence electrons. The minimum atomic E-state index is 0.203. The molecule has 3 rings (SSSR count). The van der Waals surface area contributed by atoms with Gasteiger partial charge in [0, 0.05) is 16.8 Å². The zero-order valence-corrected chi connectivity index (χ0v) is 12.5. The van der Waals surface area contributed by atoms with Gasteiger partial charge in [-0.3, -0.25) is 0 Å². The van der Waals surface area contributed by atoms with E-state index in [9.17, 15) is 0 Å². The third kappa shape index (κ3) is 2.62. The summed E-state index contributed by atoms with van der Waals surface area (Å²) in [7, 11) is 0. The fraction of sp³-hybridized carbons (Fsp3) is 0.214. The van der Waals surface area contributed by atoms with Gasteiger partial charge in [-0.1, -0.05) is 17.7 Å². The number of benzene rings is 1. The zero-order valence-electron chi connectivity index (χ0n) is 11.7. The third-order valence-corrected chi connectivity index (χ3v) is 3.32. The van der Waals surface area contributed by atoms with Gasteiger partial charge in [-0.15, -0.1) is 0 Å². The quantitative estimate of drug-likeness (QED) is 0.775. The highest BCUT2D eigenvalue weighted by Gasteiger charge is 2.14. The summed E-state index contributed by atoms with van der Waals surface area (Å²) in [6.45, 7) is 4.12. The molecular formula is C14H15ClN6. The number of aromatic nitrogens is 4. The topological polar surface area (TPSA) is 81.7 Å². The summed E-state index contributed by atoms with van der Waals surface area (Å²) in [5, 5.41) is 3.83. The summed E-state index contributed by atoms with van der Waals surface area (Å²) in [5.74, 6) is 0.772. The maximum Gasteiger partial charge on any atom is 0.224 e. The van der Waals surface area contributed by atoms with E-state index in [4.69, 9.17) is 17.3 Å². The van der Waals surface area contributed by atoms with Crippen molar-refractivity contribution in [3.05, 3.63) is 35.6 Å². The van der Waals surface area contributed by atoms with Crippen LogP contribution in [0, 0.1) is 0 Å². The molecule has 0 fully saturated rings. The number of nitrogens with one attached hydrogen (secondary N) is 1. The van der Waals surface area contributed by atoms with Crippen molar-refractivity contribution in [3.8, 4) is 0 Å². The highest BCUT2D eigenvalue weighted by atomic mass is 35.5. The van der Waals surface area contributed by atoms with E-state index in [1.54, 1.807) is 6.33 Å². The minimum Gasteiger partial charge on any atom is -0.368 e. The van der Waals surface area contributed by atoms with Crippen LogP contribution in [0.25, 0.3) is 11.2 Å². The summed E-state index contributed by atoms with van der Waals surface area (Å²) in [4.78, 5) is 12.9. The molecule has 0 aliphatic carbocycles. The molecule has 3 N–H and O–H groups in total. The van der Waals surface area contributed by atoms with E-state index in [1.165, 1.54) is 0 Å². The number of anilines is 3. The number of hydrogen-bond donors (Lipinski definition) is 2. The lowest BCUT2D eigenvalue weighted by molar-refractivity contribution is 0.613. The molecule has 6 nitrogen and oxygen atoms in total. The monoisotopic (exact) mass is 302 g/mol. The maximum atomic E-state index is 5.99. The zero-order chi connectivity index (χ0) is 15.0. The lowest BCUT2D eigenvalue weighted by Crippen LogP contribution is -2.05. The normalized spacial score (nSPS) is 11.2. The van der Waals surface area contributed by atoms with E-state index in [1.807, 2.05) is 28.8 Å². The Morgan fingerprint density at radius 1 is 1.29 bits per heavy atom. The van der Waals surface area contributed by atoms with Crippen molar-refractivity contribution in [1.29, 1.82) is 0 Å². The Morgan fingerprint density at radius 3 is 2.81 bits per heavy atom. The van der Waals surface area contributed by atoms with E-state index in [0.717, 1.165) is 5.69 Å². The van der Waals surface area contributed by atoms with Crippen LogP contribution in [0.4, 0.5) is 17.5 Å². The first-order valence-electron chi connectivity index (χ1n) is 6.57. The highest BCUT2D eigenvalue weighted by molar-refractivity contribution is 6.30. The second kappa shape index (κ2) is 5.21. The van der Waals surface area contributed by atoms with Crippen molar-refractivity contribution in [2.45, 2.75) is 19.9 Å². The van der Waals surface area contributed by atoms with E-state index in [-0.39, 0.29) is 12.0 Å². The summed E-state index contributed by atoms with van der Waals surface area (Å²) < 4.78 is 1.95. The number of hydrogen-bond acceptors (Lipinski definition) is 5. The van der Waals surface area contributed by atoms with Crippen LogP contribution in [0.3, 0.4) is 0 Å². The summed E-state index contributed by atoms with van der Waals surface area (Å²) in [5.41, 5.74) is 8.02. The molecule has 7 heteroatoms. The summed E-state index contributed by atoms with van der Waals surface area (Å²) in [6, 6.07) is 7.62. The van der Waals surface area contributed by atoms with Gasteiger partial charge in [-0.2, -0.15) is 9.97 Å². The number of imidazole rings is 1. The number of halogens is 1. The molecule has 0 radical (unpaired) electrons. The lowest BCUT2D eigenvalue weighted by Gasteiger charge is -2.10. The molecule has 0 aliphatic rings. The minimum absolute atomic E-state index is 0.203. The first kappa shape index (κ1) is 13.6. The van der Waals surface area contributed by atoms with Crippen molar-refractivity contribution in [2.75, 3.05) is 11.1 Å². The molecule has 0 saturated heterocycles. The molecule has 2 aromatic heterocycles. The van der Waals surface area contributed by atoms with Gasteiger partial charge in [0.25, 0.3) is 0 Å². The predicted octanol–water partition coefficient (Wildman–Crippen LogP) is 3.39. The molecule has 0 unspecified atom stereocenters. The van der Waals surface area contributed by atoms with Crippen molar-refractivity contribution in [3.63, 3.8) is 0 Å². The van der Waals surface area contributed by atoms with E-state index < -0.39 is 0 Å². The third-order valence-electron chi connectivity index (χ3n) is 3.08. The van der Waals surface area contributed by atoms with Crippen molar-refractivity contribution in [1.82, 2.24) is 19.5 Å². The summed E-state index contributed by atoms with van der Waals surface area (Å²) in [6.07, 6.45) is 1.74. The van der Waals surface area contributed by atoms with E-state index in [0.29, 0.717) is 22.0 Å². The molecule has 0 bridgehead atoms.